The minimum atomic E-state index is -0.504. The van der Waals surface area contributed by atoms with E-state index < -0.39 is 5.60 Å². The molecule has 1 aliphatic rings. The standard InChI is InChI=1S/C13H19ClN2O/c1-13(17)4-6-16(7-5-13)9-10-8-11(14)2-3-12(10)15/h2-3,8,17H,4-7,9,15H2,1H3. The smallest absolute Gasteiger partial charge is 0.0644 e. The van der Waals surface area contributed by atoms with Crippen LogP contribution >= 0.6 is 11.6 Å². The molecule has 0 unspecified atom stereocenters. The molecule has 0 spiro atoms. The van der Waals surface area contributed by atoms with Crippen molar-refractivity contribution in [3.63, 3.8) is 0 Å². The molecule has 1 aliphatic heterocycles. The van der Waals surface area contributed by atoms with Crippen LogP contribution in [0.2, 0.25) is 5.02 Å². The second-order valence-corrected chi connectivity index (χ2v) is 5.55. The number of hydrogen-bond acceptors (Lipinski definition) is 3. The Bertz CT molecular complexity index is 396. The molecule has 0 saturated carbocycles. The van der Waals surface area contributed by atoms with Crippen LogP contribution in [0.3, 0.4) is 0 Å². The summed E-state index contributed by atoms with van der Waals surface area (Å²) in [4.78, 5) is 2.31. The Balaban J connectivity index is 2.00. The summed E-state index contributed by atoms with van der Waals surface area (Å²) in [6, 6.07) is 5.57. The summed E-state index contributed by atoms with van der Waals surface area (Å²) in [5.74, 6) is 0. The van der Waals surface area contributed by atoms with Crippen LogP contribution < -0.4 is 5.73 Å². The fourth-order valence-corrected chi connectivity index (χ4v) is 2.34. The highest BCUT2D eigenvalue weighted by Gasteiger charge is 2.27. The van der Waals surface area contributed by atoms with E-state index >= 15 is 0 Å². The van der Waals surface area contributed by atoms with Crippen molar-refractivity contribution in [1.82, 2.24) is 4.90 Å². The Labute approximate surface area is 107 Å². The number of likely N-dealkylation sites (tertiary alicyclic amines) is 1. The predicted octanol–water partition coefficient (Wildman–Crippen LogP) is 2.27. The Morgan fingerprint density at radius 1 is 1.41 bits per heavy atom. The van der Waals surface area contributed by atoms with Gasteiger partial charge in [-0.1, -0.05) is 11.6 Å². The van der Waals surface area contributed by atoms with Gasteiger partial charge in [-0.3, -0.25) is 4.90 Å². The van der Waals surface area contributed by atoms with Gasteiger partial charge in [0, 0.05) is 30.3 Å². The van der Waals surface area contributed by atoms with Gasteiger partial charge >= 0.3 is 0 Å². The van der Waals surface area contributed by atoms with E-state index in [9.17, 15) is 5.11 Å². The number of nitrogen functional groups attached to an aromatic ring is 1. The topological polar surface area (TPSA) is 49.5 Å². The van der Waals surface area contributed by atoms with Crippen molar-refractivity contribution in [3.05, 3.63) is 28.8 Å². The van der Waals surface area contributed by atoms with Gasteiger partial charge < -0.3 is 10.8 Å². The van der Waals surface area contributed by atoms with Gasteiger partial charge in [0.25, 0.3) is 0 Å². The Kier molecular flexibility index (Phi) is 3.61. The van der Waals surface area contributed by atoms with E-state index in [2.05, 4.69) is 4.90 Å². The second-order valence-electron chi connectivity index (χ2n) is 5.12. The molecule has 0 aliphatic carbocycles. The van der Waals surface area contributed by atoms with Gasteiger partial charge in [-0.05, 0) is 43.5 Å². The molecule has 1 fully saturated rings. The van der Waals surface area contributed by atoms with Gasteiger partial charge in [0.2, 0.25) is 0 Å². The lowest BCUT2D eigenvalue weighted by atomic mass is 9.93. The van der Waals surface area contributed by atoms with Gasteiger partial charge in [-0.15, -0.1) is 0 Å². The molecule has 0 aromatic heterocycles. The van der Waals surface area contributed by atoms with Crippen molar-refractivity contribution >= 4 is 17.3 Å². The predicted molar refractivity (Wildman–Crippen MR) is 71.0 cm³/mol. The molecule has 0 bridgehead atoms. The third-order valence-electron chi connectivity index (χ3n) is 3.43. The number of piperidine rings is 1. The highest BCUT2D eigenvalue weighted by molar-refractivity contribution is 6.30. The van der Waals surface area contributed by atoms with Gasteiger partial charge in [0.15, 0.2) is 0 Å². The first-order chi connectivity index (χ1) is 7.96. The zero-order valence-corrected chi connectivity index (χ0v) is 10.9. The summed E-state index contributed by atoms with van der Waals surface area (Å²) in [7, 11) is 0. The van der Waals surface area contributed by atoms with Crippen LogP contribution in [-0.2, 0) is 6.54 Å². The minimum absolute atomic E-state index is 0.504. The molecule has 1 saturated heterocycles. The lowest BCUT2D eigenvalue weighted by Gasteiger charge is -2.35. The fraction of sp³-hybridized carbons (Fsp3) is 0.538. The molecule has 3 N–H and O–H groups in total. The quantitative estimate of drug-likeness (QED) is 0.796. The number of nitrogens with two attached hydrogens (primary N) is 1. The van der Waals surface area contributed by atoms with E-state index in [0.717, 1.165) is 48.7 Å². The summed E-state index contributed by atoms with van der Waals surface area (Å²) >= 11 is 5.97. The van der Waals surface area contributed by atoms with E-state index in [1.54, 1.807) is 6.07 Å². The van der Waals surface area contributed by atoms with Crippen molar-refractivity contribution in [2.24, 2.45) is 0 Å². The summed E-state index contributed by atoms with van der Waals surface area (Å²) in [5.41, 5.74) is 7.27. The molecule has 17 heavy (non-hydrogen) atoms. The van der Waals surface area contributed by atoms with Crippen LogP contribution in [0.25, 0.3) is 0 Å². The van der Waals surface area contributed by atoms with Gasteiger partial charge in [0.1, 0.15) is 0 Å². The third kappa shape index (κ3) is 3.35. The van der Waals surface area contributed by atoms with Crippen LogP contribution in [0.15, 0.2) is 18.2 Å². The number of benzene rings is 1. The van der Waals surface area contributed by atoms with Gasteiger partial charge in [-0.25, -0.2) is 0 Å². The Hall–Kier alpha value is -0.770. The summed E-state index contributed by atoms with van der Waals surface area (Å²) in [5, 5.41) is 10.6. The van der Waals surface area contributed by atoms with Gasteiger partial charge in [0.05, 0.1) is 5.60 Å². The van der Waals surface area contributed by atoms with Crippen LogP contribution in [0.5, 0.6) is 0 Å². The van der Waals surface area contributed by atoms with E-state index in [1.807, 2.05) is 19.1 Å². The van der Waals surface area contributed by atoms with E-state index in [4.69, 9.17) is 17.3 Å². The maximum absolute atomic E-state index is 9.88. The van der Waals surface area contributed by atoms with Crippen molar-refractivity contribution < 1.29 is 5.11 Å². The molecule has 2 rings (SSSR count). The average molecular weight is 255 g/mol. The number of aliphatic hydroxyl groups is 1. The fourth-order valence-electron chi connectivity index (χ4n) is 2.15. The zero-order chi connectivity index (χ0) is 12.5. The third-order valence-corrected chi connectivity index (χ3v) is 3.67. The molecular weight excluding hydrogens is 236 g/mol. The number of halogens is 1. The molecule has 1 heterocycles. The van der Waals surface area contributed by atoms with Crippen LogP contribution in [0, 0.1) is 0 Å². The number of anilines is 1. The largest absolute Gasteiger partial charge is 0.398 e. The second kappa shape index (κ2) is 4.84. The highest BCUT2D eigenvalue weighted by atomic mass is 35.5. The molecule has 4 heteroatoms. The zero-order valence-electron chi connectivity index (χ0n) is 10.1. The van der Waals surface area contributed by atoms with E-state index in [-0.39, 0.29) is 0 Å². The number of hydrogen-bond donors (Lipinski definition) is 2. The average Bonchev–Trinajstić information content (AvgIpc) is 2.26. The first kappa shape index (κ1) is 12.7. The number of rotatable bonds is 2. The SMILES string of the molecule is CC1(O)CCN(Cc2cc(Cl)ccc2N)CC1. The molecule has 94 valence electrons. The van der Waals surface area contributed by atoms with Crippen molar-refractivity contribution in [1.29, 1.82) is 0 Å². The highest BCUT2D eigenvalue weighted by Crippen LogP contribution is 2.25. The normalized spacial score (nSPS) is 20.4. The molecule has 1 aromatic rings. The van der Waals surface area contributed by atoms with E-state index in [0.29, 0.717) is 0 Å². The molecule has 0 atom stereocenters. The Morgan fingerprint density at radius 3 is 2.71 bits per heavy atom. The van der Waals surface area contributed by atoms with Crippen LogP contribution in [0.1, 0.15) is 25.3 Å². The van der Waals surface area contributed by atoms with Crippen molar-refractivity contribution in [2.75, 3.05) is 18.8 Å². The Morgan fingerprint density at radius 2 is 2.06 bits per heavy atom. The summed E-state index contributed by atoms with van der Waals surface area (Å²) in [6.07, 6.45) is 1.63. The maximum atomic E-state index is 9.88. The van der Waals surface area contributed by atoms with E-state index in [1.165, 1.54) is 0 Å². The lowest BCUT2D eigenvalue weighted by molar-refractivity contribution is -0.00724. The minimum Gasteiger partial charge on any atom is -0.398 e. The van der Waals surface area contributed by atoms with Crippen LogP contribution in [-0.4, -0.2) is 28.7 Å². The van der Waals surface area contributed by atoms with Crippen LogP contribution in [0.4, 0.5) is 5.69 Å². The summed E-state index contributed by atoms with van der Waals surface area (Å²) in [6.45, 7) is 4.51. The molecular formula is C13H19ClN2O. The number of nitrogens with zero attached hydrogens (tertiary/aromatic N) is 1. The molecule has 0 amide bonds. The molecule has 0 radical (unpaired) electrons. The lowest BCUT2D eigenvalue weighted by Crippen LogP contribution is -2.42. The maximum Gasteiger partial charge on any atom is 0.0644 e. The van der Waals surface area contributed by atoms with Gasteiger partial charge in [-0.2, -0.15) is 0 Å². The van der Waals surface area contributed by atoms with Crippen molar-refractivity contribution in [2.45, 2.75) is 31.9 Å². The monoisotopic (exact) mass is 254 g/mol. The first-order valence-corrected chi connectivity index (χ1v) is 6.33. The molecule has 3 nitrogen and oxygen atoms in total. The first-order valence-electron chi connectivity index (χ1n) is 5.95. The summed E-state index contributed by atoms with van der Waals surface area (Å²) < 4.78 is 0. The molecule has 1 aromatic carbocycles. The van der Waals surface area contributed by atoms with Crippen molar-refractivity contribution in [3.8, 4) is 0 Å².